The molecular weight excluding hydrogens is 186 g/mol. The third-order valence-electron chi connectivity index (χ3n) is 4.47. The zero-order valence-electron chi connectivity index (χ0n) is 10.7. The van der Waals surface area contributed by atoms with Gasteiger partial charge < -0.3 is 4.74 Å². The molecule has 1 spiro atoms. The Morgan fingerprint density at radius 3 is 2.07 bits per heavy atom. The van der Waals surface area contributed by atoms with Gasteiger partial charge in [0, 0.05) is 12.0 Å². The molecule has 1 N–H and O–H groups in total. The van der Waals surface area contributed by atoms with Crippen LogP contribution in [-0.4, -0.2) is 18.9 Å². The average molecular weight is 211 g/mol. The van der Waals surface area contributed by atoms with E-state index >= 15 is 0 Å². The molecule has 15 heavy (non-hydrogen) atoms. The molecule has 0 atom stereocenters. The Balaban J connectivity index is 1.93. The average Bonchev–Trinajstić information content (AvgIpc) is 2.17. The smallest absolute Gasteiger partial charge is 0.120 e. The molecule has 1 saturated heterocycles. The van der Waals surface area contributed by atoms with Crippen molar-refractivity contribution in [3.8, 4) is 0 Å². The Labute approximate surface area is 93.8 Å². The molecule has 0 aromatic rings. The van der Waals surface area contributed by atoms with Crippen LogP contribution in [0, 0.1) is 10.8 Å². The van der Waals surface area contributed by atoms with Crippen LogP contribution in [0.15, 0.2) is 0 Å². The van der Waals surface area contributed by atoms with E-state index in [9.17, 15) is 0 Å². The van der Waals surface area contributed by atoms with Crippen LogP contribution in [-0.2, 0) is 4.74 Å². The van der Waals surface area contributed by atoms with Crippen molar-refractivity contribution in [1.29, 1.82) is 0 Å². The van der Waals surface area contributed by atoms with Gasteiger partial charge in [0.1, 0.15) is 5.72 Å². The van der Waals surface area contributed by atoms with Crippen LogP contribution >= 0.6 is 0 Å². The molecule has 0 aromatic carbocycles. The summed E-state index contributed by atoms with van der Waals surface area (Å²) < 4.78 is 6.12. The van der Waals surface area contributed by atoms with E-state index in [0.29, 0.717) is 10.8 Å². The van der Waals surface area contributed by atoms with Crippen LogP contribution < -0.4 is 5.32 Å². The van der Waals surface area contributed by atoms with Gasteiger partial charge in [0.15, 0.2) is 0 Å². The number of rotatable bonds is 2. The van der Waals surface area contributed by atoms with Gasteiger partial charge in [0.25, 0.3) is 0 Å². The van der Waals surface area contributed by atoms with E-state index in [1.54, 1.807) is 0 Å². The number of hydrogen-bond acceptors (Lipinski definition) is 2. The van der Waals surface area contributed by atoms with Gasteiger partial charge in [0.2, 0.25) is 0 Å². The summed E-state index contributed by atoms with van der Waals surface area (Å²) in [6, 6.07) is 0. The topological polar surface area (TPSA) is 21.3 Å². The maximum absolute atomic E-state index is 6.12. The normalized spacial score (nSPS) is 31.2. The van der Waals surface area contributed by atoms with Crippen LogP contribution in [0.3, 0.4) is 0 Å². The molecule has 0 unspecified atom stereocenters. The maximum atomic E-state index is 6.12. The highest BCUT2D eigenvalue weighted by Gasteiger charge is 2.53. The third-order valence-corrected chi connectivity index (χ3v) is 4.47. The lowest BCUT2D eigenvalue weighted by Crippen LogP contribution is -2.66. The van der Waals surface area contributed by atoms with Crippen molar-refractivity contribution in [2.45, 2.75) is 59.1 Å². The lowest BCUT2D eigenvalue weighted by Gasteiger charge is -2.58. The second-order valence-corrected chi connectivity index (χ2v) is 6.36. The largest absolute Gasteiger partial charge is 0.360 e. The molecule has 0 radical (unpaired) electrons. The number of ether oxygens (including phenoxy) is 1. The lowest BCUT2D eigenvalue weighted by atomic mass is 9.64. The first-order valence-corrected chi connectivity index (χ1v) is 6.34. The van der Waals surface area contributed by atoms with Crippen molar-refractivity contribution >= 4 is 0 Å². The summed E-state index contributed by atoms with van der Waals surface area (Å²) >= 11 is 0. The summed E-state index contributed by atoms with van der Waals surface area (Å²) in [6.45, 7) is 11.3. The number of nitrogens with one attached hydrogen (secondary N) is 1. The zero-order valence-corrected chi connectivity index (χ0v) is 10.7. The van der Waals surface area contributed by atoms with Gasteiger partial charge >= 0.3 is 0 Å². The van der Waals surface area contributed by atoms with E-state index in [1.165, 1.54) is 25.7 Å². The second kappa shape index (κ2) is 3.46. The number of hydrogen-bond donors (Lipinski definition) is 1. The van der Waals surface area contributed by atoms with Gasteiger partial charge in [-0.15, -0.1) is 0 Å². The summed E-state index contributed by atoms with van der Waals surface area (Å²) in [5.41, 5.74) is 0.910. The molecule has 1 aliphatic heterocycles. The summed E-state index contributed by atoms with van der Waals surface area (Å²) in [5.74, 6) is 0. The molecule has 2 nitrogen and oxygen atoms in total. The molecule has 2 rings (SSSR count). The third kappa shape index (κ3) is 1.94. The van der Waals surface area contributed by atoms with E-state index in [4.69, 9.17) is 4.74 Å². The highest BCUT2D eigenvalue weighted by Crippen LogP contribution is 2.51. The van der Waals surface area contributed by atoms with Crippen molar-refractivity contribution in [3.05, 3.63) is 0 Å². The Hall–Kier alpha value is -0.0800. The highest BCUT2D eigenvalue weighted by atomic mass is 16.5. The van der Waals surface area contributed by atoms with E-state index in [1.807, 2.05) is 0 Å². The van der Waals surface area contributed by atoms with Crippen LogP contribution in [0.5, 0.6) is 0 Å². The molecule has 88 valence electrons. The molecule has 1 heterocycles. The quantitative estimate of drug-likeness (QED) is 0.758. The van der Waals surface area contributed by atoms with E-state index in [0.717, 1.165) is 13.2 Å². The molecule has 2 heteroatoms. The van der Waals surface area contributed by atoms with Gasteiger partial charge in [-0.25, -0.2) is 0 Å². The fourth-order valence-electron chi connectivity index (χ4n) is 3.17. The Morgan fingerprint density at radius 2 is 1.73 bits per heavy atom. The van der Waals surface area contributed by atoms with Crippen LogP contribution in [0.4, 0.5) is 0 Å². The van der Waals surface area contributed by atoms with Crippen molar-refractivity contribution in [2.75, 3.05) is 13.2 Å². The first kappa shape index (κ1) is 11.4. The standard InChI is InChI=1S/C13H25NO/c1-5-12(6-2)9-14-13(15-10-12)7-11(3,4)8-13/h14H,5-10H2,1-4H3. The van der Waals surface area contributed by atoms with E-state index in [2.05, 4.69) is 33.0 Å². The van der Waals surface area contributed by atoms with Crippen molar-refractivity contribution in [3.63, 3.8) is 0 Å². The minimum atomic E-state index is 0.0390. The first-order chi connectivity index (χ1) is 6.95. The molecule has 2 aliphatic rings. The van der Waals surface area contributed by atoms with Gasteiger partial charge in [-0.3, -0.25) is 5.32 Å². The highest BCUT2D eigenvalue weighted by molar-refractivity contribution is 5.03. The van der Waals surface area contributed by atoms with Gasteiger partial charge in [0.05, 0.1) is 6.61 Å². The van der Waals surface area contributed by atoms with Crippen molar-refractivity contribution < 1.29 is 4.74 Å². The van der Waals surface area contributed by atoms with Gasteiger partial charge in [-0.05, 0) is 31.1 Å². The van der Waals surface area contributed by atoms with Crippen molar-refractivity contribution in [2.24, 2.45) is 10.8 Å². The molecular formula is C13H25NO. The first-order valence-electron chi connectivity index (χ1n) is 6.34. The van der Waals surface area contributed by atoms with E-state index in [-0.39, 0.29) is 5.72 Å². The molecule has 2 fully saturated rings. The predicted molar refractivity (Wildman–Crippen MR) is 62.7 cm³/mol. The molecule has 0 amide bonds. The van der Waals surface area contributed by atoms with Crippen LogP contribution in [0.25, 0.3) is 0 Å². The summed E-state index contributed by atoms with van der Waals surface area (Å²) in [6.07, 6.45) is 4.78. The molecule has 1 saturated carbocycles. The molecule has 0 aromatic heterocycles. The summed E-state index contributed by atoms with van der Waals surface area (Å²) in [7, 11) is 0. The van der Waals surface area contributed by atoms with Gasteiger partial charge in [-0.2, -0.15) is 0 Å². The molecule has 0 bridgehead atoms. The minimum Gasteiger partial charge on any atom is -0.360 e. The second-order valence-electron chi connectivity index (χ2n) is 6.36. The minimum absolute atomic E-state index is 0.0390. The zero-order chi connectivity index (χ0) is 11.2. The Morgan fingerprint density at radius 1 is 1.13 bits per heavy atom. The predicted octanol–water partition coefficient (Wildman–Crippen LogP) is 2.93. The fourth-order valence-corrected chi connectivity index (χ4v) is 3.17. The molecule has 1 aliphatic carbocycles. The van der Waals surface area contributed by atoms with Crippen molar-refractivity contribution in [1.82, 2.24) is 5.32 Å². The summed E-state index contributed by atoms with van der Waals surface area (Å²) in [5, 5.41) is 3.66. The Bertz CT molecular complexity index is 223. The monoisotopic (exact) mass is 211 g/mol. The van der Waals surface area contributed by atoms with Gasteiger partial charge in [-0.1, -0.05) is 27.7 Å². The fraction of sp³-hybridized carbons (Fsp3) is 1.00. The van der Waals surface area contributed by atoms with E-state index < -0.39 is 0 Å². The summed E-state index contributed by atoms with van der Waals surface area (Å²) in [4.78, 5) is 0. The maximum Gasteiger partial charge on any atom is 0.120 e. The lowest BCUT2D eigenvalue weighted by molar-refractivity contribution is -0.225. The Kier molecular flexibility index (Phi) is 2.63. The SMILES string of the molecule is CCC1(CC)CNC2(CC(C)(C)C2)OC1. The van der Waals surface area contributed by atoms with Crippen LogP contribution in [0.2, 0.25) is 0 Å². The van der Waals surface area contributed by atoms with Crippen LogP contribution in [0.1, 0.15) is 53.4 Å².